The maximum atomic E-state index is 12.2. The van der Waals surface area contributed by atoms with Crippen molar-refractivity contribution < 1.29 is 19.4 Å². The van der Waals surface area contributed by atoms with Crippen molar-refractivity contribution in [2.75, 3.05) is 6.61 Å². The summed E-state index contributed by atoms with van der Waals surface area (Å²) in [5.74, 6) is -1.19. The second-order valence-electron chi connectivity index (χ2n) is 9.06. The first kappa shape index (κ1) is 26.0. The Balaban J connectivity index is 2.03. The maximum absolute atomic E-state index is 12.2. The minimum Gasteiger partial charge on any atom is -0.481 e. The molecule has 1 aliphatic rings. The lowest BCUT2D eigenvalue weighted by molar-refractivity contribution is -0.159. The van der Waals surface area contributed by atoms with Gasteiger partial charge in [0.25, 0.3) is 0 Å². The molecule has 0 aromatic heterocycles. The number of carboxylic acid groups (broad SMARTS) is 1. The van der Waals surface area contributed by atoms with Crippen LogP contribution < -0.4 is 0 Å². The molecule has 1 aliphatic carbocycles. The lowest BCUT2D eigenvalue weighted by Crippen LogP contribution is -2.33. The van der Waals surface area contributed by atoms with Gasteiger partial charge in [-0.25, -0.2) is 0 Å². The van der Waals surface area contributed by atoms with Crippen LogP contribution in [0.2, 0.25) is 0 Å². The predicted molar refractivity (Wildman–Crippen MR) is 119 cm³/mol. The molecule has 1 N–H and O–H groups in total. The fraction of sp³-hybridized carbons (Fsp3) is 0.920. The van der Waals surface area contributed by atoms with E-state index in [9.17, 15) is 14.7 Å². The first-order chi connectivity index (χ1) is 14.1. The van der Waals surface area contributed by atoms with E-state index in [0.29, 0.717) is 19.4 Å². The zero-order valence-electron chi connectivity index (χ0n) is 19.1. The number of carboxylic acids is 1. The molecule has 4 heteroatoms. The standard InChI is InChI=1S/C25H46O4/c1-3-5-10-16-21(15-4-2)17-11-8-6-7-9-14-20-29-25(28)23-19-13-12-18-22(23)24(26)27/h21-23H,3-20H2,1-2H3,(H,26,27). The van der Waals surface area contributed by atoms with E-state index >= 15 is 0 Å². The van der Waals surface area contributed by atoms with Gasteiger partial charge in [0.1, 0.15) is 0 Å². The predicted octanol–water partition coefficient (Wildman–Crippen LogP) is 7.15. The summed E-state index contributed by atoms with van der Waals surface area (Å²) in [4.78, 5) is 23.5. The molecule has 0 aliphatic heterocycles. The van der Waals surface area contributed by atoms with Gasteiger partial charge < -0.3 is 9.84 Å². The van der Waals surface area contributed by atoms with E-state index in [1.807, 2.05) is 0 Å². The molecule has 3 atom stereocenters. The van der Waals surface area contributed by atoms with Crippen molar-refractivity contribution in [3.8, 4) is 0 Å². The Labute approximate surface area is 179 Å². The summed E-state index contributed by atoms with van der Waals surface area (Å²) in [6.45, 7) is 5.02. The minimum absolute atomic E-state index is 0.290. The van der Waals surface area contributed by atoms with Crippen LogP contribution in [0.1, 0.15) is 123 Å². The quantitative estimate of drug-likeness (QED) is 0.204. The van der Waals surface area contributed by atoms with Gasteiger partial charge in [-0.05, 0) is 25.2 Å². The third-order valence-corrected chi connectivity index (χ3v) is 6.55. The zero-order valence-corrected chi connectivity index (χ0v) is 19.1. The molecule has 0 radical (unpaired) electrons. The van der Waals surface area contributed by atoms with Crippen LogP contribution in [0.5, 0.6) is 0 Å². The molecule has 0 amide bonds. The highest BCUT2D eigenvalue weighted by Gasteiger charge is 2.36. The molecule has 0 aromatic carbocycles. The highest BCUT2D eigenvalue weighted by atomic mass is 16.5. The number of carbonyl (C=O) groups excluding carboxylic acids is 1. The van der Waals surface area contributed by atoms with E-state index in [0.717, 1.165) is 31.6 Å². The SMILES string of the molecule is CCCCCC(CCC)CCCCCCCCOC(=O)C1CCCCC1C(=O)O. The molecule has 0 bridgehead atoms. The third kappa shape index (κ3) is 11.6. The molecule has 4 nitrogen and oxygen atoms in total. The fourth-order valence-electron chi connectivity index (χ4n) is 4.75. The number of esters is 1. The van der Waals surface area contributed by atoms with Crippen LogP contribution in [-0.2, 0) is 14.3 Å². The number of aliphatic carboxylic acids is 1. The molecule has 1 fully saturated rings. The van der Waals surface area contributed by atoms with Crippen molar-refractivity contribution in [3.63, 3.8) is 0 Å². The molecule has 0 saturated heterocycles. The highest BCUT2D eigenvalue weighted by molar-refractivity contribution is 5.81. The monoisotopic (exact) mass is 410 g/mol. The maximum Gasteiger partial charge on any atom is 0.309 e. The largest absolute Gasteiger partial charge is 0.481 e. The average Bonchev–Trinajstić information content (AvgIpc) is 2.72. The number of unbranched alkanes of at least 4 members (excludes halogenated alkanes) is 7. The smallest absolute Gasteiger partial charge is 0.309 e. The minimum atomic E-state index is -0.849. The summed E-state index contributed by atoms with van der Waals surface area (Å²) in [6.07, 6.45) is 19.8. The third-order valence-electron chi connectivity index (χ3n) is 6.55. The van der Waals surface area contributed by atoms with Gasteiger partial charge in [-0.2, -0.15) is 0 Å². The Bertz CT molecular complexity index is 435. The lowest BCUT2D eigenvalue weighted by Gasteiger charge is -2.26. The van der Waals surface area contributed by atoms with E-state index in [1.54, 1.807) is 0 Å². The van der Waals surface area contributed by atoms with Crippen molar-refractivity contribution in [1.82, 2.24) is 0 Å². The summed E-state index contributed by atoms with van der Waals surface area (Å²) in [5, 5.41) is 9.28. The van der Waals surface area contributed by atoms with Crippen molar-refractivity contribution in [2.24, 2.45) is 17.8 Å². The lowest BCUT2D eigenvalue weighted by atomic mass is 9.79. The van der Waals surface area contributed by atoms with Gasteiger partial charge in [0.15, 0.2) is 0 Å². The Morgan fingerprint density at radius 3 is 2.00 bits per heavy atom. The van der Waals surface area contributed by atoms with Gasteiger partial charge >= 0.3 is 11.9 Å². The van der Waals surface area contributed by atoms with Gasteiger partial charge in [0.05, 0.1) is 18.4 Å². The molecule has 0 spiro atoms. The second-order valence-corrected chi connectivity index (χ2v) is 9.06. The summed E-state index contributed by atoms with van der Waals surface area (Å²) in [7, 11) is 0. The summed E-state index contributed by atoms with van der Waals surface area (Å²) < 4.78 is 5.39. The number of rotatable bonds is 17. The molecule has 0 heterocycles. The first-order valence-electron chi connectivity index (χ1n) is 12.5. The average molecular weight is 411 g/mol. The van der Waals surface area contributed by atoms with Gasteiger partial charge in [0, 0.05) is 0 Å². The van der Waals surface area contributed by atoms with Gasteiger partial charge in [-0.15, -0.1) is 0 Å². The van der Waals surface area contributed by atoms with Crippen LogP contribution in [0.15, 0.2) is 0 Å². The summed E-state index contributed by atoms with van der Waals surface area (Å²) in [6, 6.07) is 0. The van der Waals surface area contributed by atoms with Crippen molar-refractivity contribution in [3.05, 3.63) is 0 Å². The van der Waals surface area contributed by atoms with Crippen LogP contribution in [0.25, 0.3) is 0 Å². The van der Waals surface area contributed by atoms with Gasteiger partial charge in [-0.1, -0.05) is 104 Å². The van der Waals surface area contributed by atoms with Crippen LogP contribution >= 0.6 is 0 Å². The van der Waals surface area contributed by atoms with E-state index in [4.69, 9.17) is 4.74 Å². The van der Waals surface area contributed by atoms with Gasteiger partial charge in [-0.3, -0.25) is 9.59 Å². The van der Waals surface area contributed by atoms with E-state index < -0.39 is 17.8 Å². The second kappa shape index (κ2) is 16.7. The van der Waals surface area contributed by atoms with E-state index in [1.165, 1.54) is 70.6 Å². The zero-order chi connectivity index (χ0) is 21.3. The Morgan fingerprint density at radius 1 is 0.793 bits per heavy atom. The highest BCUT2D eigenvalue weighted by Crippen LogP contribution is 2.31. The first-order valence-corrected chi connectivity index (χ1v) is 12.5. The summed E-state index contributed by atoms with van der Waals surface area (Å²) in [5.41, 5.74) is 0. The normalized spacial score (nSPS) is 20.3. The number of carbonyl (C=O) groups is 2. The van der Waals surface area contributed by atoms with Crippen molar-refractivity contribution in [2.45, 2.75) is 123 Å². The molecule has 1 saturated carbocycles. The molecule has 1 rings (SSSR count). The summed E-state index contributed by atoms with van der Waals surface area (Å²) >= 11 is 0. The number of hydrogen-bond acceptors (Lipinski definition) is 3. The fourth-order valence-corrected chi connectivity index (χ4v) is 4.75. The molecule has 29 heavy (non-hydrogen) atoms. The van der Waals surface area contributed by atoms with E-state index in [2.05, 4.69) is 13.8 Å². The number of hydrogen-bond donors (Lipinski definition) is 1. The molecule has 170 valence electrons. The Kier molecular flexibility index (Phi) is 15.0. The van der Waals surface area contributed by atoms with Gasteiger partial charge in [0.2, 0.25) is 0 Å². The van der Waals surface area contributed by atoms with Crippen molar-refractivity contribution in [1.29, 1.82) is 0 Å². The van der Waals surface area contributed by atoms with Crippen LogP contribution in [-0.4, -0.2) is 23.7 Å². The molecule has 0 aromatic rings. The van der Waals surface area contributed by atoms with Crippen LogP contribution in [0.4, 0.5) is 0 Å². The molecular formula is C25H46O4. The topological polar surface area (TPSA) is 63.6 Å². The van der Waals surface area contributed by atoms with Crippen molar-refractivity contribution >= 4 is 11.9 Å². The molecular weight excluding hydrogens is 364 g/mol. The molecule has 3 unspecified atom stereocenters. The Morgan fingerprint density at radius 2 is 1.38 bits per heavy atom. The van der Waals surface area contributed by atoms with Crippen LogP contribution in [0, 0.1) is 17.8 Å². The Hall–Kier alpha value is -1.06. The van der Waals surface area contributed by atoms with E-state index in [-0.39, 0.29) is 5.97 Å². The number of ether oxygens (including phenoxy) is 1. The van der Waals surface area contributed by atoms with Crippen LogP contribution in [0.3, 0.4) is 0 Å².